The van der Waals surface area contributed by atoms with Crippen molar-refractivity contribution < 1.29 is 28.6 Å². The molecule has 0 saturated carbocycles. The zero-order chi connectivity index (χ0) is 34.3. The molecule has 2 atom stereocenters. The number of fused-ring (bicyclic) bond motifs is 1. The van der Waals surface area contributed by atoms with E-state index in [0.29, 0.717) is 40.6 Å². The van der Waals surface area contributed by atoms with E-state index in [-0.39, 0.29) is 6.10 Å². The molecule has 1 heterocycles. The van der Waals surface area contributed by atoms with Crippen molar-refractivity contribution in [3.8, 4) is 11.5 Å². The summed E-state index contributed by atoms with van der Waals surface area (Å²) in [5.74, 6) is 4.62. The van der Waals surface area contributed by atoms with Gasteiger partial charge in [-0.3, -0.25) is 19.6 Å². The Balaban J connectivity index is 1.76. The monoisotopic (exact) mass is 701 g/mol. The summed E-state index contributed by atoms with van der Waals surface area (Å²) in [4.78, 5) is 43.4. The van der Waals surface area contributed by atoms with Gasteiger partial charge < -0.3 is 25.3 Å². The third-order valence-electron chi connectivity index (χ3n) is 6.83. The maximum Gasteiger partial charge on any atom is 0.366 e. The van der Waals surface area contributed by atoms with Crippen LogP contribution in [0, 0.1) is 0 Å². The van der Waals surface area contributed by atoms with Gasteiger partial charge in [0.25, 0.3) is 3.79 Å². The normalized spacial score (nSPS) is 12.7. The fraction of sp³-hybridized carbons (Fsp3) is 0.273. The Morgan fingerprint density at radius 2 is 1.72 bits per heavy atom. The number of pyridine rings is 1. The second-order valence-corrected chi connectivity index (χ2v) is 13.0. The average molecular weight is 703 g/mol. The van der Waals surface area contributed by atoms with Crippen molar-refractivity contribution in [1.29, 1.82) is 0 Å². The van der Waals surface area contributed by atoms with Gasteiger partial charge in [0.05, 0.1) is 30.9 Å². The fourth-order valence-electron chi connectivity index (χ4n) is 4.78. The lowest BCUT2D eigenvalue weighted by molar-refractivity contribution is -0.159. The van der Waals surface area contributed by atoms with E-state index >= 15 is 0 Å². The van der Waals surface area contributed by atoms with Crippen LogP contribution in [0.15, 0.2) is 79.1 Å². The molecule has 1 amide bonds. The van der Waals surface area contributed by atoms with Crippen LogP contribution in [0.3, 0.4) is 0 Å². The third kappa shape index (κ3) is 9.39. The number of aromatic nitrogens is 1. The van der Waals surface area contributed by atoms with Gasteiger partial charge in [-0.1, -0.05) is 59.1 Å². The highest BCUT2D eigenvalue weighted by molar-refractivity contribution is 6.75. The molecule has 3 aromatic carbocycles. The number of anilines is 2. The number of carbonyl (C=O) groups is 3. The summed E-state index contributed by atoms with van der Waals surface area (Å²) < 4.78 is 14.1. The number of alkyl halides is 3. The summed E-state index contributed by atoms with van der Waals surface area (Å²) in [5.41, 5.74) is 7.81. The largest absolute Gasteiger partial charge is 0.490 e. The fourth-order valence-corrected chi connectivity index (χ4v) is 4.90. The Bertz CT molecular complexity index is 1750. The molecule has 0 aliphatic carbocycles. The average Bonchev–Trinajstić information content (AvgIpc) is 3.01. The number of nitrogens with one attached hydrogen (secondary N) is 1. The predicted octanol–water partition coefficient (Wildman–Crippen LogP) is 6.11. The number of benzene rings is 3. The van der Waals surface area contributed by atoms with Crippen LogP contribution in [0.25, 0.3) is 10.8 Å². The smallest absolute Gasteiger partial charge is 0.366 e. The number of nitrogens with two attached hydrogens (primary N) is 2. The number of amides is 1. The van der Waals surface area contributed by atoms with Gasteiger partial charge in [-0.05, 0) is 79.7 Å². The van der Waals surface area contributed by atoms with Crippen molar-refractivity contribution in [1.82, 2.24) is 10.3 Å². The summed E-state index contributed by atoms with van der Waals surface area (Å²) in [6, 6.07) is 16.7. The van der Waals surface area contributed by atoms with Crippen LogP contribution >= 0.6 is 34.8 Å². The Kier molecular flexibility index (Phi) is 11.8. The third-order valence-corrected chi connectivity index (χ3v) is 7.30. The van der Waals surface area contributed by atoms with Gasteiger partial charge in [-0.2, -0.15) is 0 Å². The molecule has 14 heteroatoms. The van der Waals surface area contributed by atoms with Crippen LogP contribution in [-0.2, 0) is 19.1 Å². The van der Waals surface area contributed by atoms with Crippen LogP contribution in [0.5, 0.6) is 11.5 Å². The Hall–Kier alpha value is -4.29. The molecule has 11 nitrogen and oxygen atoms in total. The van der Waals surface area contributed by atoms with E-state index in [4.69, 9.17) is 60.6 Å². The molecule has 1 unspecified atom stereocenters. The maximum absolute atomic E-state index is 14.4. The summed E-state index contributed by atoms with van der Waals surface area (Å²) in [6.45, 7) is 5.95. The van der Waals surface area contributed by atoms with Crippen LogP contribution in [-0.4, -0.2) is 39.3 Å². The zero-order valence-electron chi connectivity index (χ0n) is 25.8. The predicted molar refractivity (Wildman–Crippen MR) is 182 cm³/mol. The van der Waals surface area contributed by atoms with Gasteiger partial charge in [0.1, 0.15) is 6.04 Å². The van der Waals surface area contributed by atoms with E-state index in [2.05, 4.69) is 10.3 Å². The van der Waals surface area contributed by atoms with Crippen molar-refractivity contribution in [2.75, 3.05) is 17.3 Å². The lowest BCUT2D eigenvalue weighted by Gasteiger charge is -2.31. The SMILES string of the molecule is CCOc1cc(C(C(=O)N[C@H](CC(=O)OC(=O)C(Cl)(Cl)Cl)c2cccc(N)c2)N(N)c2ccc3cnccc3c2)ccc1OC(C)C. The molecule has 0 aliphatic rings. The summed E-state index contributed by atoms with van der Waals surface area (Å²) in [7, 11) is 0. The Morgan fingerprint density at radius 1 is 0.957 bits per heavy atom. The van der Waals surface area contributed by atoms with Gasteiger partial charge in [0.2, 0.25) is 5.91 Å². The first-order chi connectivity index (χ1) is 22.3. The quantitative estimate of drug-likeness (QED) is 0.0393. The first kappa shape index (κ1) is 35.6. The highest BCUT2D eigenvalue weighted by atomic mass is 35.6. The number of nitrogen functional groups attached to an aromatic ring is 1. The lowest BCUT2D eigenvalue weighted by Crippen LogP contribution is -2.46. The Labute approximate surface area is 287 Å². The van der Waals surface area contributed by atoms with Crippen LogP contribution in [0.4, 0.5) is 11.4 Å². The molecule has 0 aliphatic heterocycles. The van der Waals surface area contributed by atoms with E-state index in [1.165, 1.54) is 5.01 Å². The number of ether oxygens (including phenoxy) is 3. The topological polar surface area (TPSA) is 159 Å². The molecule has 47 heavy (non-hydrogen) atoms. The van der Waals surface area contributed by atoms with Crippen molar-refractivity contribution in [2.45, 2.75) is 49.2 Å². The van der Waals surface area contributed by atoms with Crippen molar-refractivity contribution >= 4 is 74.8 Å². The van der Waals surface area contributed by atoms with E-state index in [9.17, 15) is 14.4 Å². The van der Waals surface area contributed by atoms with E-state index in [0.717, 1.165) is 10.8 Å². The summed E-state index contributed by atoms with van der Waals surface area (Å²) >= 11 is 16.7. The molecule has 0 fully saturated rings. The van der Waals surface area contributed by atoms with Crippen LogP contribution in [0.2, 0.25) is 0 Å². The molecular weight excluding hydrogens is 669 g/mol. The van der Waals surface area contributed by atoms with Gasteiger partial charge in [0, 0.05) is 23.5 Å². The van der Waals surface area contributed by atoms with Gasteiger partial charge in [0.15, 0.2) is 11.5 Å². The minimum atomic E-state index is -2.48. The van der Waals surface area contributed by atoms with Crippen molar-refractivity contribution in [3.05, 3.63) is 90.3 Å². The number of hydrazine groups is 1. The number of carbonyl (C=O) groups excluding carboxylic acids is 3. The molecule has 1 aromatic heterocycles. The maximum atomic E-state index is 14.4. The molecule has 0 saturated heterocycles. The minimum Gasteiger partial charge on any atom is -0.490 e. The Morgan fingerprint density at radius 3 is 2.40 bits per heavy atom. The first-order valence-corrected chi connectivity index (χ1v) is 15.7. The zero-order valence-corrected chi connectivity index (χ0v) is 28.1. The van der Waals surface area contributed by atoms with E-state index in [1.54, 1.807) is 60.9 Å². The molecule has 0 bridgehead atoms. The van der Waals surface area contributed by atoms with Crippen molar-refractivity contribution in [2.24, 2.45) is 5.84 Å². The molecule has 0 spiro atoms. The highest BCUT2D eigenvalue weighted by Crippen LogP contribution is 2.35. The van der Waals surface area contributed by atoms with E-state index < -0.39 is 40.1 Å². The number of nitrogens with zero attached hydrogens (tertiary/aromatic N) is 2. The number of hydrogen-bond acceptors (Lipinski definition) is 10. The summed E-state index contributed by atoms with van der Waals surface area (Å²) in [6.07, 6.45) is 2.73. The van der Waals surface area contributed by atoms with E-state index in [1.807, 2.05) is 39.0 Å². The molecular formula is C33H34Cl3N5O6. The lowest BCUT2D eigenvalue weighted by atomic mass is 9.99. The molecule has 4 rings (SSSR count). The summed E-state index contributed by atoms with van der Waals surface area (Å²) in [5, 5.41) is 5.92. The standard InChI is InChI=1S/C33H34Cl3N5O6/c1-4-45-28-16-22(9-11-27(28)46-19(2)3)30(41(38)25-10-8-23-18-39-13-12-20(23)15-25)31(43)40-26(21-6-5-7-24(37)14-21)17-29(42)47-32(44)33(34,35)36/h5-16,18-19,26,30H,4,17,37-38H2,1-3H3,(H,40,43)/t26-,30?/m1/s1. The second-order valence-electron chi connectivity index (χ2n) is 10.7. The van der Waals surface area contributed by atoms with Gasteiger partial charge in [-0.15, -0.1) is 0 Å². The number of hydrogen-bond donors (Lipinski definition) is 3. The van der Waals surface area contributed by atoms with Gasteiger partial charge >= 0.3 is 11.9 Å². The second kappa shape index (κ2) is 15.5. The molecule has 248 valence electrons. The molecule has 5 N–H and O–H groups in total. The number of rotatable bonds is 12. The highest BCUT2D eigenvalue weighted by Gasteiger charge is 2.36. The van der Waals surface area contributed by atoms with Crippen LogP contribution < -0.4 is 31.4 Å². The van der Waals surface area contributed by atoms with Crippen LogP contribution in [0.1, 0.15) is 50.4 Å². The van der Waals surface area contributed by atoms with Gasteiger partial charge in [-0.25, -0.2) is 10.6 Å². The number of halogens is 3. The molecule has 0 radical (unpaired) electrons. The first-order valence-electron chi connectivity index (χ1n) is 14.6. The minimum absolute atomic E-state index is 0.135. The molecule has 4 aromatic rings. The number of esters is 2. The van der Waals surface area contributed by atoms with Crippen molar-refractivity contribution in [3.63, 3.8) is 0 Å².